The number of nitrogens with one attached hydrogen (secondary N) is 1. The van der Waals surface area contributed by atoms with Crippen molar-refractivity contribution in [1.29, 1.82) is 0 Å². The average molecular weight is 273 g/mol. The van der Waals surface area contributed by atoms with E-state index < -0.39 is 0 Å². The summed E-state index contributed by atoms with van der Waals surface area (Å²) in [6.07, 6.45) is 13.4. The standard InChI is InChI=1S/C16H35NO2/c1-3-4-5-6-7-8-9-10-11-12-13-19-16(15-18)14-17-2/h16-18H,3-15H2,1-2H3. The van der Waals surface area contributed by atoms with Crippen molar-refractivity contribution in [3.8, 4) is 0 Å². The summed E-state index contributed by atoms with van der Waals surface area (Å²) in [5.41, 5.74) is 0. The van der Waals surface area contributed by atoms with E-state index in [0.717, 1.165) is 19.6 Å². The van der Waals surface area contributed by atoms with Crippen LogP contribution < -0.4 is 5.32 Å². The fourth-order valence-corrected chi connectivity index (χ4v) is 2.24. The molecule has 3 heteroatoms. The van der Waals surface area contributed by atoms with Gasteiger partial charge in [0.15, 0.2) is 0 Å². The van der Waals surface area contributed by atoms with Crippen LogP contribution in [-0.4, -0.2) is 38.0 Å². The minimum atomic E-state index is -0.0384. The molecule has 0 saturated carbocycles. The quantitative estimate of drug-likeness (QED) is 0.449. The van der Waals surface area contributed by atoms with Gasteiger partial charge >= 0.3 is 0 Å². The Bertz CT molecular complexity index is 165. The second kappa shape index (κ2) is 15.9. The largest absolute Gasteiger partial charge is 0.394 e. The molecule has 0 bridgehead atoms. The highest BCUT2D eigenvalue weighted by Gasteiger charge is 2.04. The van der Waals surface area contributed by atoms with Crippen molar-refractivity contribution in [1.82, 2.24) is 5.32 Å². The molecule has 1 atom stereocenters. The van der Waals surface area contributed by atoms with Crippen molar-refractivity contribution in [2.75, 3.05) is 26.8 Å². The van der Waals surface area contributed by atoms with Crippen LogP contribution in [0.5, 0.6) is 0 Å². The third kappa shape index (κ3) is 14.1. The Morgan fingerprint density at radius 2 is 1.42 bits per heavy atom. The number of likely N-dealkylation sites (N-methyl/N-ethyl adjacent to an activating group) is 1. The van der Waals surface area contributed by atoms with Crippen LogP contribution in [0.4, 0.5) is 0 Å². The molecule has 116 valence electrons. The summed E-state index contributed by atoms with van der Waals surface area (Å²) in [6, 6.07) is 0. The van der Waals surface area contributed by atoms with Gasteiger partial charge in [0.05, 0.1) is 12.7 Å². The van der Waals surface area contributed by atoms with Crippen molar-refractivity contribution >= 4 is 0 Å². The molecule has 0 amide bonds. The van der Waals surface area contributed by atoms with Crippen LogP contribution in [-0.2, 0) is 4.74 Å². The molecule has 0 aliphatic heterocycles. The van der Waals surface area contributed by atoms with Gasteiger partial charge in [0, 0.05) is 13.2 Å². The Morgan fingerprint density at radius 1 is 0.895 bits per heavy atom. The molecular formula is C16H35NO2. The molecule has 0 saturated heterocycles. The van der Waals surface area contributed by atoms with Gasteiger partial charge in [-0.1, -0.05) is 64.7 Å². The van der Waals surface area contributed by atoms with E-state index in [1.807, 2.05) is 7.05 Å². The lowest BCUT2D eigenvalue weighted by Crippen LogP contribution is -2.30. The first-order chi connectivity index (χ1) is 9.35. The van der Waals surface area contributed by atoms with E-state index in [0.29, 0.717) is 0 Å². The lowest BCUT2D eigenvalue weighted by molar-refractivity contribution is 0.0130. The van der Waals surface area contributed by atoms with E-state index in [2.05, 4.69) is 12.2 Å². The van der Waals surface area contributed by atoms with E-state index in [4.69, 9.17) is 9.84 Å². The van der Waals surface area contributed by atoms with Crippen LogP contribution in [0.1, 0.15) is 71.1 Å². The van der Waals surface area contributed by atoms with Crippen molar-refractivity contribution in [3.05, 3.63) is 0 Å². The summed E-state index contributed by atoms with van der Waals surface area (Å²) in [7, 11) is 1.88. The lowest BCUT2D eigenvalue weighted by atomic mass is 10.1. The Hall–Kier alpha value is -0.120. The van der Waals surface area contributed by atoms with Crippen LogP contribution >= 0.6 is 0 Å². The summed E-state index contributed by atoms with van der Waals surface area (Å²) >= 11 is 0. The smallest absolute Gasteiger partial charge is 0.0929 e. The molecule has 0 aliphatic carbocycles. The molecule has 0 fully saturated rings. The number of hydrogen-bond acceptors (Lipinski definition) is 3. The van der Waals surface area contributed by atoms with Crippen LogP contribution in [0.3, 0.4) is 0 Å². The predicted molar refractivity (Wildman–Crippen MR) is 82.6 cm³/mol. The summed E-state index contributed by atoms with van der Waals surface area (Å²) in [5.74, 6) is 0. The summed E-state index contributed by atoms with van der Waals surface area (Å²) in [6.45, 7) is 3.89. The Labute approximate surface area is 120 Å². The Morgan fingerprint density at radius 3 is 1.89 bits per heavy atom. The van der Waals surface area contributed by atoms with Gasteiger partial charge in [-0.25, -0.2) is 0 Å². The highest BCUT2D eigenvalue weighted by atomic mass is 16.5. The molecule has 0 heterocycles. The zero-order valence-electron chi connectivity index (χ0n) is 13.1. The van der Waals surface area contributed by atoms with Crippen LogP contribution in [0.25, 0.3) is 0 Å². The fraction of sp³-hybridized carbons (Fsp3) is 1.00. The maximum atomic E-state index is 9.05. The van der Waals surface area contributed by atoms with Crippen molar-refractivity contribution < 1.29 is 9.84 Å². The van der Waals surface area contributed by atoms with E-state index in [1.165, 1.54) is 57.8 Å². The molecule has 0 aromatic carbocycles. The zero-order valence-corrected chi connectivity index (χ0v) is 13.1. The van der Waals surface area contributed by atoms with E-state index in [1.54, 1.807) is 0 Å². The predicted octanol–water partition coefficient (Wildman–Crippen LogP) is 3.50. The highest BCUT2D eigenvalue weighted by Crippen LogP contribution is 2.10. The number of aliphatic hydroxyl groups is 1. The monoisotopic (exact) mass is 273 g/mol. The number of rotatable bonds is 15. The minimum absolute atomic E-state index is 0.0384. The maximum absolute atomic E-state index is 9.05. The lowest BCUT2D eigenvalue weighted by Gasteiger charge is -2.14. The van der Waals surface area contributed by atoms with E-state index >= 15 is 0 Å². The van der Waals surface area contributed by atoms with Crippen LogP contribution in [0.2, 0.25) is 0 Å². The summed E-state index contributed by atoms with van der Waals surface area (Å²) in [5, 5.41) is 12.1. The van der Waals surface area contributed by atoms with Gasteiger partial charge in [0.2, 0.25) is 0 Å². The van der Waals surface area contributed by atoms with Crippen molar-refractivity contribution in [3.63, 3.8) is 0 Å². The van der Waals surface area contributed by atoms with Gasteiger partial charge in [-0.15, -0.1) is 0 Å². The molecule has 0 aromatic rings. The van der Waals surface area contributed by atoms with Gasteiger partial charge in [0.25, 0.3) is 0 Å². The topological polar surface area (TPSA) is 41.5 Å². The number of unbranched alkanes of at least 4 members (excludes halogenated alkanes) is 9. The zero-order chi connectivity index (χ0) is 14.2. The van der Waals surface area contributed by atoms with Crippen molar-refractivity contribution in [2.45, 2.75) is 77.2 Å². The molecule has 1 unspecified atom stereocenters. The fourth-order valence-electron chi connectivity index (χ4n) is 2.24. The molecule has 0 aromatic heterocycles. The van der Waals surface area contributed by atoms with Crippen LogP contribution in [0, 0.1) is 0 Å². The molecule has 0 rings (SSSR count). The van der Waals surface area contributed by atoms with Gasteiger partial charge in [-0.3, -0.25) is 0 Å². The third-order valence-corrected chi connectivity index (χ3v) is 3.49. The van der Waals surface area contributed by atoms with E-state index in [-0.39, 0.29) is 12.7 Å². The van der Waals surface area contributed by atoms with Gasteiger partial charge in [-0.2, -0.15) is 0 Å². The molecule has 19 heavy (non-hydrogen) atoms. The Kier molecular flexibility index (Phi) is 15.8. The number of ether oxygens (including phenoxy) is 1. The number of aliphatic hydroxyl groups excluding tert-OH is 1. The third-order valence-electron chi connectivity index (χ3n) is 3.49. The first-order valence-corrected chi connectivity index (χ1v) is 8.22. The second-order valence-corrected chi connectivity index (χ2v) is 5.42. The van der Waals surface area contributed by atoms with Crippen LogP contribution in [0.15, 0.2) is 0 Å². The molecule has 2 N–H and O–H groups in total. The minimum Gasteiger partial charge on any atom is -0.394 e. The van der Waals surface area contributed by atoms with E-state index in [9.17, 15) is 0 Å². The number of hydrogen-bond donors (Lipinski definition) is 2. The SMILES string of the molecule is CCCCCCCCCCCCOC(CO)CNC. The molecule has 0 aliphatic rings. The first kappa shape index (κ1) is 18.9. The van der Waals surface area contributed by atoms with Gasteiger partial charge in [0.1, 0.15) is 0 Å². The Balaban J connectivity index is 3.09. The first-order valence-electron chi connectivity index (χ1n) is 8.22. The maximum Gasteiger partial charge on any atom is 0.0929 e. The van der Waals surface area contributed by atoms with Gasteiger partial charge < -0.3 is 15.2 Å². The molecule has 0 radical (unpaired) electrons. The second-order valence-electron chi connectivity index (χ2n) is 5.42. The highest BCUT2D eigenvalue weighted by molar-refractivity contribution is 4.57. The molecule has 0 spiro atoms. The normalized spacial score (nSPS) is 12.8. The summed E-state index contributed by atoms with van der Waals surface area (Å²) < 4.78 is 5.59. The molecule has 3 nitrogen and oxygen atoms in total. The average Bonchev–Trinajstić information content (AvgIpc) is 2.43. The van der Waals surface area contributed by atoms with Gasteiger partial charge in [-0.05, 0) is 13.5 Å². The van der Waals surface area contributed by atoms with Crippen molar-refractivity contribution in [2.24, 2.45) is 0 Å². The summed E-state index contributed by atoms with van der Waals surface area (Å²) in [4.78, 5) is 0. The molecular weight excluding hydrogens is 238 g/mol.